The molecule has 3 atom stereocenters. The van der Waals surface area contributed by atoms with Crippen molar-refractivity contribution >= 4 is 23.2 Å². The van der Waals surface area contributed by atoms with Crippen LogP contribution in [0.4, 0.5) is 10.5 Å². The Morgan fingerprint density at radius 1 is 1.18 bits per heavy atom. The summed E-state index contributed by atoms with van der Waals surface area (Å²) >= 11 is 0. The van der Waals surface area contributed by atoms with Gasteiger partial charge in [-0.25, -0.2) is 4.79 Å². The molecular weight excluding hydrogens is 430 g/mol. The zero-order valence-electron chi connectivity index (χ0n) is 19.4. The fraction of sp³-hybridized carbons (Fsp3) is 0.407. The van der Waals surface area contributed by atoms with Crippen molar-refractivity contribution in [3.05, 3.63) is 65.7 Å². The quantitative estimate of drug-likeness (QED) is 0.709. The largest absolute Gasteiger partial charge is 0.497 e. The van der Waals surface area contributed by atoms with E-state index in [2.05, 4.69) is 35.7 Å². The van der Waals surface area contributed by atoms with E-state index in [0.717, 1.165) is 18.4 Å². The number of anilines is 1. The van der Waals surface area contributed by atoms with Gasteiger partial charge in [-0.15, -0.1) is 0 Å². The standard InChI is InChI=1S/C27H31N3O4/c1-34-22-9-5-8-21(14-22)28-27(33)29-15-23-26(24(17-31)30(23)25(32)16-29)20-12-10-19(11-13-20)18-6-3-2-4-7-18/h5-6,8-14,23-24,26,31H,2-4,7,15-17H2,1H3,(H,28,33)/t23-,24+,26+/m1/s1. The van der Waals surface area contributed by atoms with Crippen LogP contribution in [0.1, 0.15) is 42.7 Å². The lowest BCUT2D eigenvalue weighted by molar-refractivity contribution is -0.159. The molecule has 3 amide bonds. The normalized spacial score (nSPS) is 24.1. The molecule has 0 radical (unpaired) electrons. The maximum atomic E-state index is 13.0. The second kappa shape index (κ2) is 9.50. The van der Waals surface area contributed by atoms with E-state index in [0.29, 0.717) is 18.0 Å². The molecule has 2 N–H and O–H groups in total. The lowest BCUT2D eigenvalue weighted by atomic mass is 9.73. The summed E-state index contributed by atoms with van der Waals surface area (Å²) in [6, 6.07) is 15.0. The molecule has 5 rings (SSSR count). The Hall–Kier alpha value is -3.32. The van der Waals surface area contributed by atoms with Crippen LogP contribution in [-0.4, -0.2) is 65.7 Å². The third kappa shape index (κ3) is 4.16. The number of rotatable bonds is 5. The van der Waals surface area contributed by atoms with Gasteiger partial charge in [0.25, 0.3) is 0 Å². The Bertz CT molecular complexity index is 1100. The lowest BCUT2D eigenvalue weighted by Gasteiger charge is -2.58. The predicted molar refractivity (Wildman–Crippen MR) is 131 cm³/mol. The van der Waals surface area contributed by atoms with Crippen LogP contribution < -0.4 is 10.1 Å². The van der Waals surface area contributed by atoms with Crippen LogP contribution in [-0.2, 0) is 4.79 Å². The van der Waals surface area contributed by atoms with E-state index < -0.39 is 0 Å². The van der Waals surface area contributed by atoms with Crippen molar-refractivity contribution < 1.29 is 19.4 Å². The first-order chi connectivity index (χ1) is 16.6. The van der Waals surface area contributed by atoms with E-state index in [4.69, 9.17) is 4.74 Å². The minimum atomic E-state index is -0.313. The summed E-state index contributed by atoms with van der Waals surface area (Å²) in [5.74, 6) is 0.517. The number of hydrogen-bond donors (Lipinski definition) is 2. The van der Waals surface area contributed by atoms with Crippen molar-refractivity contribution in [2.75, 3.05) is 32.1 Å². The number of nitrogens with zero attached hydrogens (tertiary/aromatic N) is 2. The van der Waals surface area contributed by atoms with Crippen LogP contribution >= 0.6 is 0 Å². The second-order valence-corrected chi connectivity index (χ2v) is 9.28. The van der Waals surface area contributed by atoms with Crippen molar-refractivity contribution in [2.45, 2.75) is 43.7 Å². The number of piperazine rings is 1. The van der Waals surface area contributed by atoms with E-state index in [1.807, 2.05) is 6.07 Å². The SMILES string of the molecule is COc1cccc(NC(=O)N2CC(=O)N3[C@H](C2)[C@H](c2ccc(C4=CCCCC4)cc2)[C@@H]3CO)c1. The van der Waals surface area contributed by atoms with Crippen molar-refractivity contribution in [1.29, 1.82) is 0 Å². The Morgan fingerprint density at radius 2 is 2.00 bits per heavy atom. The van der Waals surface area contributed by atoms with Crippen LogP contribution in [0.15, 0.2) is 54.6 Å². The van der Waals surface area contributed by atoms with Gasteiger partial charge in [-0.1, -0.05) is 36.4 Å². The van der Waals surface area contributed by atoms with Gasteiger partial charge in [-0.3, -0.25) is 4.79 Å². The van der Waals surface area contributed by atoms with Gasteiger partial charge in [0.2, 0.25) is 5.91 Å². The number of carbonyl (C=O) groups is 2. The number of urea groups is 1. The molecule has 0 saturated carbocycles. The maximum absolute atomic E-state index is 13.0. The van der Waals surface area contributed by atoms with E-state index >= 15 is 0 Å². The fourth-order valence-electron chi connectivity index (χ4n) is 5.58. The van der Waals surface area contributed by atoms with Crippen LogP contribution in [0.2, 0.25) is 0 Å². The highest BCUT2D eigenvalue weighted by Crippen LogP contribution is 2.43. The Morgan fingerprint density at radius 3 is 2.71 bits per heavy atom. The molecule has 178 valence electrons. The molecule has 7 nitrogen and oxygen atoms in total. The molecule has 2 fully saturated rings. The molecule has 0 aromatic heterocycles. The molecule has 2 aliphatic heterocycles. The average molecular weight is 462 g/mol. The zero-order valence-corrected chi connectivity index (χ0v) is 19.4. The van der Waals surface area contributed by atoms with Crippen LogP contribution in [0.3, 0.4) is 0 Å². The number of ether oxygens (including phenoxy) is 1. The van der Waals surface area contributed by atoms with Crippen LogP contribution in [0, 0.1) is 0 Å². The molecular formula is C27H31N3O4. The number of methoxy groups -OCH3 is 1. The summed E-state index contributed by atoms with van der Waals surface area (Å²) in [5.41, 5.74) is 4.37. The van der Waals surface area contributed by atoms with E-state index in [9.17, 15) is 14.7 Å². The van der Waals surface area contributed by atoms with Gasteiger partial charge < -0.3 is 25.0 Å². The number of amides is 3. The van der Waals surface area contributed by atoms with Crippen molar-refractivity contribution in [2.24, 2.45) is 0 Å². The van der Waals surface area contributed by atoms with E-state index in [1.54, 1.807) is 35.1 Å². The predicted octanol–water partition coefficient (Wildman–Crippen LogP) is 3.86. The number of nitrogens with one attached hydrogen (secondary N) is 1. The molecule has 2 saturated heterocycles. The molecule has 3 aliphatic rings. The summed E-state index contributed by atoms with van der Waals surface area (Å²) in [7, 11) is 1.58. The van der Waals surface area contributed by atoms with Crippen LogP contribution in [0.5, 0.6) is 5.75 Å². The number of benzene rings is 2. The number of allylic oxidation sites excluding steroid dienone is 2. The molecule has 2 heterocycles. The van der Waals surface area contributed by atoms with Crippen molar-refractivity contribution in [3.8, 4) is 5.75 Å². The fourth-order valence-corrected chi connectivity index (χ4v) is 5.58. The molecule has 1 aliphatic carbocycles. The van der Waals surface area contributed by atoms with Gasteiger partial charge in [-0.2, -0.15) is 0 Å². The van der Waals surface area contributed by atoms with E-state index in [1.165, 1.54) is 24.0 Å². The highest BCUT2D eigenvalue weighted by molar-refractivity contribution is 5.94. The van der Waals surface area contributed by atoms with Crippen LogP contribution in [0.25, 0.3) is 5.57 Å². The van der Waals surface area contributed by atoms with Gasteiger partial charge in [0.05, 0.1) is 25.8 Å². The number of aliphatic hydroxyl groups excluding tert-OH is 1. The van der Waals surface area contributed by atoms with Gasteiger partial charge >= 0.3 is 6.03 Å². The highest BCUT2D eigenvalue weighted by Gasteiger charge is 2.54. The third-order valence-electron chi connectivity index (χ3n) is 7.32. The summed E-state index contributed by atoms with van der Waals surface area (Å²) in [6.07, 6.45) is 7.08. The van der Waals surface area contributed by atoms with Crippen molar-refractivity contribution in [3.63, 3.8) is 0 Å². The van der Waals surface area contributed by atoms with Gasteiger partial charge in [0, 0.05) is 24.2 Å². The third-order valence-corrected chi connectivity index (χ3v) is 7.32. The number of carbonyl (C=O) groups excluding carboxylic acids is 2. The molecule has 0 unspecified atom stereocenters. The second-order valence-electron chi connectivity index (χ2n) is 9.28. The first kappa shape index (κ1) is 22.5. The van der Waals surface area contributed by atoms with Gasteiger partial charge in [0.15, 0.2) is 0 Å². The molecule has 0 spiro atoms. The molecule has 7 heteroatoms. The first-order valence-electron chi connectivity index (χ1n) is 12.0. The maximum Gasteiger partial charge on any atom is 0.322 e. The first-order valence-corrected chi connectivity index (χ1v) is 12.0. The van der Waals surface area contributed by atoms with Gasteiger partial charge in [-0.05, 0) is 54.5 Å². The monoisotopic (exact) mass is 461 g/mol. The molecule has 0 bridgehead atoms. The topological polar surface area (TPSA) is 82.1 Å². The van der Waals surface area contributed by atoms with Crippen molar-refractivity contribution in [1.82, 2.24) is 9.80 Å². The minimum absolute atomic E-state index is 0.00259. The Kier molecular flexibility index (Phi) is 6.28. The Balaban J connectivity index is 1.31. The number of fused-ring (bicyclic) bond motifs is 1. The Labute approximate surface area is 200 Å². The molecule has 34 heavy (non-hydrogen) atoms. The van der Waals surface area contributed by atoms with Gasteiger partial charge in [0.1, 0.15) is 12.3 Å². The minimum Gasteiger partial charge on any atom is -0.497 e. The summed E-state index contributed by atoms with van der Waals surface area (Å²) in [5, 5.41) is 12.9. The number of hydrogen-bond acceptors (Lipinski definition) is 4. The van der Waals surface area contributed by atoms with E-state index in [-0.39, 0.29) is 43.1 Å². The summed E-state index contributed by atoms with van der Waals surface area (Å²) in [4.78, 5) is 29.2. The molecule has 2 aromatic carbocycles. The average Bonchev–Trinajstić information content (AvgIpc) is 2.86. The summed E-state index contributed by atoms with van der Waals surface area (Å²) in [6.45, 7) is 0.341. The highest BCUT2D eigenvalue weighted by atomic mass is 16.5. The lowest BCUT2D eigenvalue weighted by Crippen LogP contribution is -2.73. The summed E-state index contributed by atoms with van der Waals surface area (Å²) < 4.78 is 5.22. The number of aliphatic hydroxyl groups is 1. The smallest absolute Gasteiger partial charge is 0.322 e. The molecule has 2 aromatic rings. The zero-order chi connectivity index (χ0) is 23.7.